The van der Waals surface area contributed by atoms with Gasteiger partial charge in [-0.15, -0.1) is 0 Å². The number of imidazole rings is 1. The lowest BCUT2D eigenvalue weighted by Crippen LogP contribution is -2.15. The van der Waals surface area contributed by atoms with E-state index in [1.807, 2.05) is 0 Å². The summed E-state index contributed by atoms with van der Waals surface area (Å²) in [5.41, 5.74) is 1.68. The molecule has 8 heteroatoms. The van der Waals surface area contributed by atoms with Crippen LogP contribution in [0.4, 0.5) is 5.69 Å². The summed E-state index contributed by atoms with van der Waals surface area (Å²) in [6.45, 7) is 3.74. The Kier molecular flexibility index (Phi) is 5.69. The fraction of sp³-hybridized carbons (Fsp3) is 0.200. The predicted octanol–water partition coefficient (Wildman–Crippen LogP) is 2.94. The van der Waals surface area contributed by atoms with Crippen LogP contribution < -0.4 is 5.32 Å². The zero-order chi connectivity index (χ0) is 20.1. The number of benzene rings is 1. The molecular weight excluding hydrogens is 362 g/mol. The first-order valence-electron chi connectivity index (χ1n) is 8.75. The first-order valence-corrected chi connectivity index (χ1v) is 8.75. The zero-order valence-electron chi connectivity index (χ0n) is 15.5. The van der Waals surface area contributed by atoms with Gasteiger partial charge in [0, 0.05) is 24.3 Å². The third-order valence-electron chi connectivity index (χ3n) is 3.86. The maximum Gasteiger partial charge on any atom is 0.338 e. The highest BCUT2D eigenvalue weighted by Gasteiger charge is 2.16. The van der Waals surface area contributed by atoms with E-state index in [9.17, 15) is 14.4 Å². The van der Waals surface area contributed by atoms with Crippen LogP contribution in [0.25, 0.3) is 5.65 Å². The van der Waals surface area contributed by atoms with Gasteiger partial charge in [0.05, 0.1) is 29.9 Å². The van der Waals surface area contributed by atoms with E-state index in [1.165, 1.54) is 18.2 Å². The van der Waals surface area contributed by atoms with E-state index in [0.29, 0.717) is 11.2 Å². The fourth-order valence-corrected chi connectivity index (χ4v) is 2.62. The van der Waals surface area contributed by atoms with Crippen LogP contribution in [-0.4, -0.2) is 40.4 Å². The van der Waals surface area contributed by atoms with Gasteiger partial charge >= 0.3 is 11.9 Å². The van der Waals surface area contributed by atoms with Crippen molar-refractivity contribution in [1.29, 1.82) is 0 Å². The van der Waals surface area contributed by atoms with Gasteiger partial charge in [-0.05, 0) is 44.2 Å². The summed E-state index contributed by atoms with van der Waals surface area (Å²) in [4.78, 5) is 41.0. The molecular formula is C20H19N3O5. The maximum atomic E-state index is 12.6. The van der Waals surface area contributed by atoms with Crippen molar-refractivity contribution in [3.05, 3.63) is 65.6 Å². The average Bonchev–Trinajstić information content (AvgIpc) is 3.16. The van der Waals surface area contributed by atoms with Crippen LogP contribution in [0.5, 0.6) is 0 Å². The van der Waals surface area contributed by atoms with Crippen molar-refractivity contribution in [2.45, 2.75) is 13.8 Å². The van der Waals surface area contributed by atoms with E-state index >= 15 is 0 Å². The molecule has 3 rings (SSSR count). The lowest BCUT2D eigenvalue weighted by atomic mass is 10.1. The Labute approximate surface area is 161 Å². The number of rotatable bonds is 6. The van der Waals surface area contributed by atoms with Gasteiger partial charge < -0.3 is 19.2 Å². The van der Waals surface area contributed by atoms with Gasteiger partial charge in [0.25, 0.3) is 5.91 Å². The molecule has 3 aromatic rings. The molecule has 1 amide bonds. The van der Waals surface area contributed by atoms with Crippen LogP contribution in [0.2, 0.25) is 0 Å². The number of carbonyl (C=O) groups is 3. The number of hydrogen-bond acceptors (Lipinski definition) is 6. The lowest BCUT2D eigenvalue weighted by Gasteiger charge is -2.11. The fourth-order valence-electron chi connectivity index (χ4n) is 2.62. The summed E-state index contributed by atoms with van der Waals surface area (Å²) in [6, 6.07) is 7.64. The van der Waals surface area contributed by atoms with Gasteiger partial charge in [0.1, 0.15) is 5.65 Å². The SMILES string of the molecule is CCOC(=O)c1cc(NC(=O)c2ccc3nccn3c2)cc(C(=O)OCC)c1. The Morgan fingerprint density at radius 3 is 2.21 bits per heavy atom. The first kappa shape index (κ1) is 19.1. The molecule has 0 unspecified atom stereocenters. The molecule has 0 bridgehead atoms. The molecule has 0 atom stereocenters. The van der Waals surface area contributed by atoms with Crippen molar-refractivity contribution in [2.75, 3.05) is 18.5 Å². The number of nitrogens with zero attached hydrogens (tertiary/aromatic N) is 2. The molecule has 28 heavy (non-hydrogen) atoms. The number of anilines is 1. The van der Waals surface area contributed by atoms with Crippen molar-refractivity contribution in [2.24, 2.45) is 0 Å². The standard InChI is InChI=1S/C20H19N3O5/c1-3-27-19(25)14-9-15(20(26)28-4-2)11-16(10-14)22-18(24)13-5-6-17-21-7-8-23(17)12-13/h5-12H,3-4H2,1-2H3,(H,22,24). The average molecular weight is 381 g/mol. The molecule has 1 aromatic carbocycles. The second-order valence-corrected chi connectivity index (χ2v) is 5.80. The summed E-state index contributed by atoms with van der Waals surface area (Å²) < 4.78 is 11.7. The Bertz CT molecular complexity index is 1010. The van der Waals surface area contributed by atoms with Gasteiger partial charge in [0.15, 0.2) is 0 Å². The Balaban J connectivity index is 1.91. The molecule has 0 saturated heterocycles. The third kappa shape index (κ3) is 4.17. The van der Waals surface area contributed by atoms with Crippen molar-refractivity contribution in [3.63, 3.8) is 0 Å². The number of fused-ring (bicyclic) bond motifs is 1. The van der Waals surface area contributed by atoms with Crippen molar-refractivity contribution >= 4 is 29.2 Å². The minimum absolute atomic E-state index is 0.146. The molecule has 0 aliphatic heterocycles. The normalized spacial score (nSPS) is 10.5. The minimum atomic E-state index is -0.594. The van der Waals surface area contributed by atoms with Crippen LogP contribution >= 0.6 is 0 Å². The van der Waals surface area contributed by atoms with Gasteiger partial charge in [0.2, 0.25) is 0 Å². The highest BCUT2D eigenvalue weighted by Crippen LogP contribution is 2.18. The topological polar surface area (TPSA) is 99.0 Å². The number of aromatic nitrogens is 2. The number of amides is 1. The quantitative estimate of drug-likeness (QED) is 0.659. The zero-order valence-corrected chi connectivity index (χ0v) is 15.5. The highest BCUT2D eigenvalue weighted by molar-refractivity contribution is 6.06. The van der Waals surface area contributed by atoms with Crippen molar-refractivity contribution < 1.29 is 23.9 Å². The Morgan fingerprint density at radius 2 is 1.61 bits per heavy atom. The predicted molar refractivity (Wildman–Crippen MR) is 102 cm³/mol. The van der Waals surface area contributed by atoms with Crippen LogP contribution in [0.15, 0.2) is 48.9 Å². The van der Waals surface area contributed by atoms with Crippen LogP contribution in [-0.2, 0) is 9.47 Å². The lowest BCUT2D eigenvalue weighted by molar-refractivity contribution is 0.0525. The second kappa shape index (κ2) is 8.34. The summed E-state index contributed by atoms with van der Waals surface area (Å²) in [5.74, 6) is -1.58. The smallest absolute Gasteiger partial charge is 0.338 e. The Morgan fingerprint density at radius 1 is 0.964 bits per heavy atom. The molecule has 0 radical (unpaired) electrons. The number of ether oxygens (including phenoxy) is 2. The van der Waals surface area contributed by atoms with Crippen molar-refractivity contribution in [1.82, 2.24) is 9.38 Å². The molecule has 2 aromatic heterocycles. The summed E-state index contributed by atoms with van der Waals surface area (Å²) >= 11 is 0. The molecule has 0 aliphatic carbocycles. The molecule has 1 N–H and O–H groups in total. The third-order valence-corrected chi connectivity index (χ3v) is 3.86. The summed E-state index contributed by atoms with van der Waals surface area (Å²) in [5, 5.41) is 2.70. The summed E-state index contributed by atoms with van der Waals surface area (Å²) in [7, 11) is 0. The van der Waals surface area contributed by atoms with E-state index in [-0.39, 0.29) is 30.0 Å². The molecule has 0 saturated carbocycles. The molecule has 0 aliphatic rings. The number of hydrogen-bond donors (Lipinski definition) is 1. The van der Waals surface area contributed by atoms with E-state index in [0.717, 1.165) is 0 Å². The van der Waals surface area contributed by atoms with E-state index in [1.54, 1.807) is 49.0 Å². The molecule has 144 valence electrons. The van der Waals surface area contributed by atoms with Gasteiger partial charge in [-0.25, -0.2) is 14.6 Å². The molecule has 2 heterocycles. The van der Waals surface area contributed by atoms with Gasteiger partial charge in [-0.1, -0.05) is 0 Å². The number of esters is 2. The van der Waals surface area contributed by atoms with E-state index in [4.69, 9.17) is 9.47 Å². The van der Waals surface area contributed by atoms with Crippen LogP contribution in [0.1, 0.15) is 44.9 Å². The van der Waals surface area contributed by atoms with Gasteiger partial charge in [-0.3, -0.25) is 4.79 Å². The summed E-state index contributed by atoms with van der Waals surface area (Å²) in [6.07, 6.45) is 5.00. The second-order valence-electron chi connectivity index (χ2n) is 5.80. The molecule has 8 nitrogen and oxygen atoms in total. The minimum Gasteiger partial charge on any atom is -0.462 e. The first-order chi connectivity index (χ1) is 13.5. The van der Waals surface area contributed by atoms with Crippen molar-refractivity contribution in [3.8, 4) is 0 Å². The van der Waals surface area contributed by atoms with Gasteiger partial charge in [-0.2, -0.15) is 0 Å². The number of nitrogens with one attached hydrogen (secondary N) is 1. The van der Waals surface area contributed by atoms with Crippen LogP contribution in [0.3, 0.4) is 0 Å². The Hall–Kier alpha value is -3.68. The van der Waals surface area contributed by atoms with E-state index < -0.39 is 17.8 Å². The van der Waals surface area contributed by atoms with Crippen LogP contribution in [0, 0.1) is 0 Å². The largest absolute Gasteiger partial charge is 0.462 e. The maximum absolute atomic E-state index is 12.6. The van der Waals surface area contributed by atoms with E-state index in [2.05, 4.69) is 10.3 Å². The highest BCUT2D eigenvalue weighted by atomic mass is 16.5. The molecule has 0 spiro atoms. The number of carbonyl (C=O) groups excluding carboxylic acids is 3. The molecule has 0 fully saturated rings. The number of pyridine rings is 1. The monoisotopic (exact) mass is 381 g/mol.